The van der Waals surface area contributed by atoms with E-state index in [4.69, 9.17) is 14.2 Å². The minimum Gasteiger partial charge on any atom is -0.508 e. The Bertz CT molecular complexity index is 900. The molecule has 1 aliphatic rings. The summed E-state index contributed by atoms with van der Waals surface area (Å²) in [7, 11) is 0. The molecule has 0 aliphatic carbocycles. The first-order valence-corrected chi connectivity index (χ1v) is 8.66. The first-order valence-electron chi connectivity index (χ1n) is 8.66. The monoisotopic (exact) mass is 390 g/mol. The predicted molar refractivity (Wildman–Crippen MR) is 97.7 cm³/mol. The number of carbonyl (C=O) groups excluding carboxylic acids is 1. The van der Waals surface area contributed by atoms with E-state index in [0.717, 1.165) is 0 Å². The summed E-state index contributed by atoms with van der Waals surface area (Å²) in [6.45, 7) is 5.10. The van der Waals surface area contributed by atoms with E-state index in [2.05, 4.69) is 0 Å². The number of rotatable bonds is 2. The van der Waals surface area contributed by atoms with Crippen molar-refractivity contribution in [1.82, 2.24) is 0 Å². The Kier molecular flexibility index (Phi) is 4.89. The van der Waals surface area contributed by atoms with Crippen molar-refractivity contribution in [3.05, 3.63) is 41.5 Å². The number of carbonyl (C=O) groups is 1. The van der Waals surface area contributed by atoms with Crippen LogP contribution in [0.25, 0.3) is 0 Å². The molecular weight excluding hydrogens is 368 g/mol. The number of phenolic OH excluding ortho intramolecular Hbond substituents is 4. The third-order valence-corrected chi connectivity index (χ3v) is 4.13. The summed E-state index contributed by atoms with van der Waals surface area (Å²) in [5.74, 6) is -0.824. The molecule has 2 atom stereocenters. The lowest BCUT2D eigenvalue weighted by atomic mass is 9.93. The highest BCUT2D eigenvalue weighted by Crippen LogP contribution is 2.43. The first kappa shape index (κ1) is 19.5. The molecule has 0 aromatic heterocycles. The molecule has 0 radical (unpaired) electrons. The first-order chi connectivity index (χ1) is 13.0. The van der Waals surface area contributed by atoms with Crippen LogP contribution < -0.4 is 4.74 Å². The summed E-state index contributed by atoms with van der Waals surface area (Å²) in [6, 6.07) is 6.59. The van der Waals surface area contributed by atoms with E-state index in [9.17, 15) is 25.2 Å². The van der Waals surface area contributed by atoms with Crippen molar-refractivity contribution in [1.29, 1.82) is 0 Å². The second-order valence-electron chi connectivity index (χ2n) is 7.55. The molecule has 3 rings (SSSR count). The van der Waals surface area contributed by atoms with E-state index in [0.29, 0.717) is 11.1 Å². The Balaban J connectivity index is 1.97. The van der Waals surface area contributed by atoms with Crippen LogP contribution in [0.5, 0.6) is 28.7 Å². The molecule has 0 bridgehead atoms. The molecule has 0 saturated carbocycles. The highest BCUT2D eigenvalue weighted by molar-refractivity contribution is 5.61. The zero-order valence-corrected chi connectivity index (χ0v) is 15.7. The van der Waals surface area contributed by atoms with Crippen molar-refractivity contribution in [2.45, 2.75) is 45.0 Å². The average molecular weight is 390 g/mol. The van der Waals surface area contributed by atoms with Gasteiger partial charge in [-0.2, -0.15) is 0 Å². The van der Waals surface area contributed by atoms with Crippen LogP contribution in [-0.4, -0.2) is 38.3 Å². The van der Waals surface area contributed by atoms with Crippen LogP contribution in [0.15, 0.2) is 30.3 Å². The molecule has 8 heteroatoms. The maximum absolute atomic E-state index is 12.2. The van der Waals surface area contributed by atoms with Gasteiger partial charge in [0.25, 0.3) is 0 Å². The fraction of sp³-hybridized carbons (Fsp3) is 0.350. The molecule has 1 aliphatic heterocycles. The lowest BCUT2D eigenvalue weighted by Crippen LogP contribution is -2.36. The summed E-state index contributed by atoms with van der Waals surface area (Å²) < 4.78 is 16.5. The molecule has 8 nitrogen and oxygen atoms in total. The number of hydrogen-bond acceptors (Lipinski definition) is 8. The number of fused-ring (bicyclic) bond motifs is 1. The Morgan fingerprint density at radius 1 is 1.04 bits per heavy atom. The minimum absolute atomic E-state index is 0.0903. The molecule has 150 valence electrons. The van der Waals surface area contributed by atoms with Gasteiger partial charge in [-0.1, -0.05) is 6.07 Å². The molecule has 2 aromatic rings. The van der Waals surface area contributed by atoms with Crippen LogP contribution in [0.4, 0.5) is 4.79 Å². The van der Waals surface area contributed by atoms with Gasteiger partial charge < -0.3 is 34.6 Å². The summed E-state index contributed by atoms with van der Waals surface area (Å²) in [6.07, 6.45) is -2.57. The number of aromatic hydroxyl groups is 4. The zero-order valence-electron chi connectivity index (χ0n) is 15.7. The van der Waals surface area contributed by atoms with Crippen LogP contribution in [0.3, 0.4) is 0 Å². The summed E-state index contributed by atoms with van der Waals surface area (Å²) in [5, 5.41) is 39.2. The second kappa shape index (κ2) is 7.03. The molecule has 2 aromatic carbocycles. The van der Waals surface area contributed by atoms with Gasteiger partial charge in [0.1, 0.15) is 22.8 Å². The van der Waals surface area contributed by atoms with E-state index < -0.39 is 24.0 Å². The second-order valence-corrected chi connectivity index (χ2v) is 7.55. The van der Waals surface area contributed by atoms with Crippen LogP contribution in [0, 0.1) is 0 Å². The molecule has 0 unspecified atom stereocenters. The highest BCUT2D eigenvalue weighted by atomic mass is 16.7. The van der Waals surface area contributed by atoms with Gasteiger partial charge in [-0.25, -0.2) is 4.79 Å². The lowest BCUT2D eigenvalue weighted by molar-refractivity contribution is -0.0597. The van der Waals surface area contributed by atoms with Crippen molar-refractivity contribution in [2.75, 3.05) is 0 Å². The summed E-state index contributed by atoms with van der Waals surface area (Å²) in [5.41, 5.74) is 0.0352. The van der Waals surface area contributed by atoms with Gasteiger partial charge >= 0.3 is 6.16 Å². The molecule has 0 spiro atoms. The number of ether oxygens (including phenoxy) is 3. The molecule has 28 heavy (non-hydrogen) atoms. The third kappa shape index (κ3) is 4.16. The van der Waals surface area contributed by atoms with Crippen molar-refractivity contribution in [3.63, 3.8) is 0 Å². The predicted octanol–water partition coefficient (Wildman–Crippen LogP) is 3.51. The molecular formula is C20H22O8. The fourth-order valence-corrected chi connectivity index (χ4v) is 2.95. The zero-order chi connectivity index (χ0) is 20.6. The number of phenols is 4. The van der Waals surface area contributed by atoms with Gasteiger partial charge in [0.05, 0.1) is 0 Å². The largest absolute Gasteiger partial charge is 0.509 e. The van der Waals surface area contributed by atoms with Crippen molar-refractivity contribution in [2.24, 2.45) is 0 Å². The normalized spacial score (nSPS) is 18.7. The minimum atomic E-state index is -0.907. The summed E-state index contributed by atoms with van der Waals surface area (Å²) in [4.78, 5) is 12.2. The van der Waals surface area contributed by atoms with Crippen LogP contribution in [0.1, 0.15) is 38.0 Å². The summed E-state index contributed by atoms with van der Waals surface area (Å²) >= 11 is 0. The van der Waals surface area contributed by atoms with Crippen LogP contribution >= 0.6 is 0 Å². The Labute approximate surface area is 161 Å². The third-order valence-electron chi connectivity index (χ3n) is 4.13. The van der Waals surface area contributed by atoms with Crippen LogP contribution in [0.2, 0.25) is 0 Å². The van der Waals surface area contributed by atoms with E-state index in [-0.39, 0.29) is 35.2 Å². The fourth-order valence-electron chi connectivity index (χ4n) is 2.95. The van der Waals surface area contributed by atoms with Gasteiger partial charge in [-0.15, -0.1) is 0 Å². The molecule has 0 fully saturated rings. The quantitative estimate of drug-likeness (QED) is 0.453. The standard InChI is InChI=1S/C20H22O8/c1-20(2,3)28-19(25)27-17-9-12-14(23)7-11(21)8-16(12)26-18(17)10-4-5-13(22)15(24)6-10/h4-8,17-18,21-24H,9H2,1-3H3/t17-,18-/m0/s1. The van der Waals surface area contributed by atoms with Gasteiger partial charge in [-0.05, 0) is 32.9 Å². The van der Waals surface area contributed by atoms with Crippen molar-refractivity contribution < 1.29 is 39.4 Å². The number of hydrogen-bond donors (Lipinski definition) is 4. The molecule has 0 amide bonds. The van der Waals surface area contributed by atoms with Gasteiger partial charge in [0.15, 0.2) is 23.7 Å². The Hall–Kier alpha value is -3.29. The highest BCUT2D eigenvalue weighted by Gasteiger charge is 2.37. The average Bonchev–Trinajstić information content (AvgIpc) is 2.55. The smallest absolute Gasteiger partial charge is 0.508 e. The molecule has 1 heterocycles. The van der Waals surface area contributed by atoms with Gasteiger partial charge in [-0.3, -0.25) is 0 Å². The Morgan fingerprint density at radius 2 is 1.75 bits per heavy atom. The van der Waals surface area contributed by atoms with E-state index >= 15 is 0 Å². The molecule has 4 N–H and O–H groups in total. The maximum atomic E-state index is 12.2. The van der Waals surface area contributed by atoms with Crippen LogP contribution in [-0.2, 0) is 15.9 Å². The Morgan fingerprint density at radius 3 is 2.39 bits per heavy atom. The van der Waals surface area contributed by atoms with Crippen molar-refractivity contribution >= 4 is 6.16 Å². The topological polar surface area (TPSA) is 126 Å². The molecule has 0 saturated heterocycles. The van der Waals surface area contributed by atoms with Gasteiger partial charge in [0.2, 0.25) is 0 Å². The van der Waals surface area contributed by atoms with Crippen molar-refractivity contribution in [3.8, 4) is 28.7 Å². The lowest BCUT2D eigenvalue weighted by Gasteiger charge is -2.34. The SMILES string of the molecule is CC(C)(C)OC(=O)O[C@H]1Cc2c(O)cc(O)cc2O[C@H]1c1ccc(O)c(O)c1. The van der Waals surface area contributed by atoms with E-state index in [1.165, 1.54) is 30.3 Å². The van der Waals surface area contributed by atoms with Gasteiger partial charge in [0, 0.05) is 29.7 Å². The maximum Gasteiger partial charge on any atom is 0.509 e. The van der Waals surface area contributed by atoms with E-state index in [1.807, 2.05) is 0 Å². The van der Waals surface area contributed by atoms with E-state index in [1.54, 1.807) is 20.8 Å². The number of benzene rings is 2.